The highest BCUT2D eigenvalue weighted by Gasteiger charge is 2.27. The van der Waals surface area contributed by atoms with E-state index in [0.29, 0.717) is 32.4 Å². The van der Waals surface area contributed by atoms with Gasteiger partial charge in [-0.1, -0.05) is 18.2 Å². The molecule has 180 valence electrons. The van der Waals surface area contributed by atoms with Crippen LogP contribution in [0, 0.1) is 26.6 Å². The maximum absolute atomic E-state index is 14.1. The van der Waals surface area contributed by atoms with Crippen LogP contribution in [-0.4, -0.2) is 52.9 Å². The first-order valence-corrected chi connectivity index (χ1v) is 11.6. The number of hydrogen-bond donors (Lipinski definition) is 2. The number of carbonyl (C=O) groups excluding carboxylic acids is 2. The predicted octanol–water partition coefficient (Wildman–Crippen LogP) is 4.35. The number of halogens is 1. The summed E-state index contributed by atoms with van der Waals surface area (Å²) in [7, 11) is 4.57. The number of rotatable bonds is 6. The van der Waals surface area contributed by atoms with Gasteiger partial charge in [-0.3, -0.25) is 9.48 Å². The number of ether oxygens (including phenoxy) is 1. The van der Waals surface area contributed by atoms with Gasteiger partial charge in [-0.2, -0.15) is 5.10 Å². The Balaban J connectivity index is 1.86. The summed E-state index contributed by atoms with van der Waals surface area (Å²) in [6.45, 7) is 5.64. The van der Waals surface area contributed by atoms with Gasteiger partial charge in [0.15, 0.2) is 5.11 Å². The van der Waals surface area contributed by atoms with Gasteiger partial charge in [0.1, 0.15) is 10.8 Å². The molecule has 0 radical (unpaired) electrons. The molecule has 3 rings (SSSR count). The number of anilines is 2. The van der Waals surface area contributed by atoms with Crippen molar-refractivity contribution in [2.75, 3.05) is 31.8 Å². The molecule has 0 aliphatic heterocycles. The van der Waals surface area contributed by atoms with Crippen molar-refractivity contribution in [3.05, 3.63) is 63.0 Å². The fraction of sp³-hybridized carbons (Fsp3) is 0.304. The van der Waals surface area contributed by atoms with Gasteiger partial charge < -0.3 is 20.3 Å². The summed E-state index contributed by atoms with van der Waals surface area (Å²) >= 11 is 6.62. The Hall–Kier alpha value is -3.31. The number of carbonyl (C=O) groups is 2. The number of benzene rings is 1. The van der Waals surface area contributed by atoms with E-state index in [1.165, 1.54) is 18.1 Å². The van der Waals surface area contributed by atoms with Crippen molar-refractivity contribution < 1.29 is 18.7 Å². The second kappa shape index (κ2) is 10.3. The first kappa shape index (κ1) is 25.3. The highest BCUT2D eigenvalue weighted by molar-refractivity contribution is 7.80. The standard InChI is InChI=1S/C23H26FN5O3S2/c1-12-17(22(31)32-6)20(34-19(12)21(30)28(4)5)26-23(33)25-18-13(2)27-29(14(18)3)11-15-9-7-8-10-16(15)24/h7-10H,11H2,1-6H3,(H2,25,26,33). The molecule has 0 saturated heterocycles. The normalized spacial score (nSPS) is 10.7. The Morgan fingerprint density at radius 1 is 1.21 bits per heavy atom. The average Bonchev–Trinajstić information content (AvgIpc) is 3.24. The van der Waals surface area contributed by atoms with Crippen LogP contribution in [0.15, 0.2) is 24.3 Å². The molecule has 2 heterocycles. The van der Waals surface area contributed by atoms with Gasteiger partial charge in [-0.05, 0) is 44.6 Å². The lowest BCUT2D eigenvalue weighted by Gasteiger charge is -2.11. The van der Waals surface area contributed by atoms with Crippen LogP contribution >= 0.6 is 23.6 Å². The maximum Gasteiger partial charge on any atom is 0.341 e. The molecule has 0 atom stereocenters. The summed E-state index contributed by atoms with van der Waals surface area (Å²) in [5, 5.41) is 11.3. The molecular formula is C23H26FN5O3S2. The fourth-order valence-corrected chi connectivity index (χ4v) is 4.91. The van der Waals surface area contributed by atoms with Crippen molar-refractivity contribution in [3.8, 4) is 0 Å². The maximum atomic E-state index is 14.1. The molecule has 1 amide bonds. The van der Waals surface area contributed by atoms with E-state index < -0.39 is 5.97 Å². The van der Waals surface area contributed by atoms with E-state index in [9.17, 15) is 14.0 Å². The lowest BCUT2D eigenvalue weighted by molar-refractivity contribution is 0.0601. The third-order valence-corrected chi connectivity index (χ3v) is 6.66. The van der Waals surface area contributed by atoms with Crippen LogP contribution in [0.4, 0.5) is 15.1 Å². The SMILES string of the molecule is COC(=O)c1c(NC(=S)Nc2c(C)nn(Cc3ccccc3F)c2C)sc(C(=O)N(C)C)c1C. The Morgan fingerprint density at radius 2 is 1.88 bits per heavy atom. The highest BCUT2D eigenvalue weighted by atomic mass is 32.1. The zero-order valence-corrected chi connectivity index (χ0v) is 21.4. The number of methoxy groups -OCH3 is 1. The molecule has 0 fully saturated rings. The molecular weight excluding hydrogens is 477 g/mol. The van der Waals surface area contributed by atoms with E-state index >= 15 is 0 Å². The lowest BCUT2D eigenvalue weighted by atomic mass is 10.1. The minimum atomic E-state index is -0.568. The monoisotopic (exact) mass is 503 g/mol. The lowest BCUT2D eigenvalue weighted by Crippen LogP contribution is -2.21. The first-order chi connectivity index (χ1) is 16.0. The molecule has 11 heteroatoms. The number of thiophene rings is 1. The minimum Gasteiger partial charge on any atom is -0.465 e. The number of nitrogens with zero attached hydrogens (tertiary/aromatic N) is 3. The Kier molecular flexibility index (Phi) is 7.68. The summed E-state index contributed by atoms with van der Waals surface area (Å²) in [5.74, 6) is -1.09. The topological polar surface area (TPSA) is 88.5 Å². The summed E-state index contributed by atoms with van der Waals surface area (Å²) < 4.78 is 20.7. The molecule has 3 aromatic rings. The highest BCUT2D eigenvalue weighted by Crippen LogP contribution is 2.34. The van der Waals surface area contributed by atoms with Crippen LogP contribution in [0.2, 0.25) is 0 Å². The van der Waals surface area contributed by atoms with Gasteiger partial charge in [0.25, 0.3) is 5.91 Å². The Labute approximate surface area is 206 Å². The fourth-order valence-electron chi connectivity index (χ4n) is 3.42. The third-order valence-electron chi connectivity index (χ3n) is 5.26. The first-order valence-electron chi connectivity index (χ1n) is 10.3. The van der Waals surface area contributed by atoms with Gasteiger partial charge in [-0.25, -0.2) is 9.18 Å². The molecule has 0 saturated carbocycles. The molecule has 2 aromatic heterocycles. The number of hydrogen-bond acceptors (Lipinski definition) is 6. The number of aromatic nitrogens is 2. The number of nitrogens with one attached hydrogen (secondary N) is 2. The van der Waals surface area contributed by atoms with Crippen molar-refractivity contribution in [2.45, 2.75) is 27.3 Å². The van der Waals surface area contributed by atoms with Crippen molar-refractivity contribution >= 4 is 51.2 Å². The zero-order valence-electron chi connectivity index (χ0n) is 19.8. The van der Waals surface area contributed by atoms with Crippen molar-refractivity contribution in [1.82, 2.24) is 14.7 Å². The van der Waals surface area contributed by atoms with Crippen LogP contribution in [0.1, 0.15) is 42.5 Å². The molecule has 0 spiro atoms. The summed E-state index contributed by atoms with van der Waals surface area (Å²) in [6, 6.07) is 6.55. The molecule has 0 unspecified atom stereocenters. The van der Waals surface area contributed by atoms with Gasteiger partial charge in [0.05, 0.1) is 41.2 Å². The van der Waals surface area contributed by atoms with E-state index in [1.807, 2.05) is 13.8 Å². The van der Waals surface area contributed by atoms with Crippen LogP contribution in [0.3, 0.4) is 0 Å². The zero-order chi connectivity index (χ0) is 25.2. The van der Waals surface area contributed by atoms with Crippen LogP contribution in [0.25, 0.3) is 0 Å². The van der Waals surface area contributed by atoms with E-state index in [1.54, 1.807) is 43.9 Å². The molecule has 2 N–H and O–H groups in total. The summed E-state index contributed by atoms with van der Waals surface area (Å²) in [5.41, 5.74) is 3.42. The van der Waals surface area contributed by atoms with Gasteiger partial charge in [0.2, 0.25) is 0 Å². The Bertz CT molecular complexity index is 1270. The van der Waals surface area contributed by atoms with E-state index in [4.69, 9.17) is 17.0 Å². The van der Waals surface area contributed by atoms with Crippen LogP contribution in [0.5, 0.6) is 0 Å². The molecule has 0 bridgehead atoms. The van der Waals surface area contributed by atoms with Crippen molar-refractivity contribution in [2.24, 2.45) is 0 Å². The summed E-state index contributed by atoms with van der Waals surface area (Å²) in [6.07, 6.45) is 0. The quantitative estimate of drug-likeness (QED) is 0.382. The smallest absolute Gasteiger partial charge is 0.341 e. The molecule has 0 aliphatic rings. The average molecular weight is 504 g/mol. The van der Waals surface area contributed by atoms with E-state index in [0.717, 1.165) is 17.0 Å². The van der Waals surface area contributed by atoms with Crippen LogP contribution < -0.4 is 10.6 Å². The molecule has 8 nitrogen and oxygen atoms in total. The number of esters is 1. The Morgan fingerprint density at radius 3 is 2.50 bits per heavy atom. The summed E-state index contributed by atoms with van der Waals surface area (Å²) in [4.78, 5) is 26.8. The number of amides is 1. The second-order valence-electron chi connectivity index (χ2n) is 7.83. The molecule has 34 heavy (non-hydrogen) atoms. The molecule has 0 aliphatic carbocycles. The largest absolute Gasteiger partial charge is 0.465 e. The number of thiocarbonyl (C=S) groups is 1. The van der Waals surface area contributed by atoms with E-state index in [-0.39, 0.29) is 28.9 Å². The predicted molar refractivity (Wildman–Crippen MR) is 135 cm³/mol. The van der Waals surface area contributed by atoms with Gasteiger partial charge in [-0.15, -0.1) is 11.3 Å². The van der Waals surface area contributed by atoms with Crippen molar-refractivity contribution in [3.63, 3.8) is 0 Å². The van der Waals surface area contributed by atoms with E-state index in [2.05, 4.69) is 15.7 Å². The third kappa shape index (κ3) is 5.10. The van der Waals surface area contributed by atoms with Gasteiger partial charge >= 0.3 is 5.97 Å². The van der Waals surface area contributed by atoms with Crippen LogP contribution in [-0.2, 0) is 11.3 Å². The minimum absolute atomic E-state index is 0.215. The van der Waals surface area contributed by atoms with Crippen molar-refractivity contribution in [1.29, 1.82) is 0 Å². The second-order valence-corrected chi connectivity index (χ2v) is 9.25. The number of aryl methyl sites for hydroxylation is 1. The van der Waals surface area contributed by atoms with Gasteiger partial charge in [0, 0.05) is 19.7 Å². The molecule has 1 aromatic carbocycles.